The Balaban J connectivity index is 2.03. The minimum Gasteiger partial charge on any atom is -0.382 e. The predicted molar refractivity (Wildman–Crippen MR) is 72.0 cm³/mol. The topological polar surface area (TPSA) is 67.0 Å². The third-order valence-electron chi connectivity index (χ3n) is 2.57. The van der Waals surface area contributed by atoms with Crippen molar-refractivity contribution in [3.8, 4) is 0 Å². The van der Waals surface area contributed by atoms with Crippen molar-refractivity contribution in [3.63, 3.8) is 0 Å². The molecule has 0 saturated heterocycles. The molecular formula is C13H17N3O2. The van der Waals surface area contributed by atoms with E-state index in [1.54, 1.807) is 6.07 Å². The number of hydrogen-bond donors (Lipinski definition) is 2. The van der Waals surface area contributed by atoms with Gasteiger partial charge in [0.2, 0.25) is 5.95 Å². The molecule has 5 heteroatoms. The molecule has 0 radical (unpaired) electrons. The summed E-state index contributed by atoms with van der Waals surface area (Å²) in [5.41, 5.74) is 0.585. The van der Waals surface area contributed by atoms with Gasteiger partial charge in [0.05, 0.1) is 10.9 Å². The van der Waals surface area contributed by atoms with E-state index in [-0.39, 0.29) is 5.56 Å². The van der Waals surface area contributed by atoms with Crippen LogP contribution in [0.5, 0.6) is 0 Å². The molecule has 1 aromatic heterocycles. The number of nitrogens with one attached hydrogen (secondary N) is 2. The van der Waals surface area contributed by atoms with Crippen molar-refractivity contribution in [2.45, 2.75) is 13.3 Å². The Morgan fingerprint density at radius 2 is 2.22 bits per heavy atom. The Hall–Kier alpha value is -1.88. The number of aromatic nitrogens is 2. The summed E-state index contributed by atoms with van der Waals surface area (Å²) in [4.78, 5) is 18.8. The number of para-hydroxylation sites is 1. The fourth-order valence-corrected chi connectivity index (χ4v) is 1.70. The summed E-state index contributed by atoms with van der Waals surface area (Å²) in [5, 5.41) is 3.70. The van der Waals surface area contributed by atoms with Crippen LogP contribution < -0.4 is 10.9 Å². The number of rotatable bonds is 6. The molecule has 96 valence electrons. The standard InChI is InChI=1S/C13H17N3O2/c1-2-18-9-5-8-14-13-15-11-7-4-3-6-10(11)12(17)16-13/h3-4,6-7H,2,5,8-9H2,1H3,(H2,14,15,16,17). The Morgan fingerprint density at radius 1 is 1.39 bits per heavy atom. The van der Waals surface area contributed by atoms with E-state index in [0.29, 0.717) is 23.5 Å². The van der Waals surface area contributed by atoms with Gasteiger partial charge in [-0.2, -0.15) is 0 Å². The van der Waals surface area contributed by atoms with Crippen molar-refractivity contribution in [3.05, 3.63) is 34.6 Å². The maximum atomic E-state index is 11.8. The number of H-pyrrole nitrogens is 1. The van der Waals surface area contributed by atoms with Crippen LogP contribution in [-0.4, -0.2) is 29.7 Å². The first-order chi connectivity index (χ1) is 8.81. The Labute approximate surface area is 105 Å². The van der Waals surface area contributed by atoms with Crippen molar-refractivity contribution in [2.24, 2.45) is 0 Å². The molecule has 0 unspecified atom stereocenters. The molecule has 0 bridgehead atoms. The summed E-state index contributed by atoms with van der Waals surface area (Å²) < 4.78 is 5.23. The van der Waals surface area contributed by atoms with Crippen LogP contribution in [0.4, 0.5) is 5.95 Å². The molecule has 0 aliphatic heterocycles. The van der Waals surface area contributed by atoms with Crippen LogP contribution in [0.1, 0.15) is 13.3 Å². The van der Waals surface area contributed by atoms with Gasteiger partial charge in [0.1, 0.15) is 0 Å². The minimum absolute atomic E-state index is 0.118. The van der Waals surface area contributed by atoms with Crippen LogP contribution in [0, 0.1) is 0 Å². The maximum Gasteiger partial charge on any atom is 0.260 e. The molecule has 0 atom stereocenters. The van der Waals surface area contributed by atoms with E-state index in [9.17, 15) is 4.79 Å². The third kappa shape index (κ3) is 3.07. The van der Waals surface area contributed by atoms with E-state index < -0.39 is 0 Å². The van der Waals surface area contributed by atoms with Gasteiger partial charge in [0.15, 0.2) is 0 Å². The smallest absolute Gasteiger partial charge is 0.260 e. The average molecular weight is 247 g/mol. The number of hydrogen-bond acceptors (Lipinski definition) is 4. The van der Waals surface area contributed by atoms with Crippen molar-refractivity contribution in [1.29, 1.82) is 0 Å². The molecule has 2 aromatic rings. The van der Waals surface area contributed by atoms with Crippen LogP contribution >= 0.6 is 0 Å². The molecule has 0 saturated carbocycles. The molecule has 1 aromatic carbocycles. The quantitative estimate of drug-likeness (QED) is 0.763. The second-order valence-electron chi connectivity index (χ2n) is 3.91. The molecule has 0 fully saturated rings. The van der Waals surface area contributed by atoms with Crippen molar-refractivity contribution in [2.75, 3.05) is 25.1 Å². The molecule has 18 heavy (non-hydrogen) atoms. The number of ether oxygens (including phenoxy) is 1. The predicted octanol–water partition coefficient (Wildman–Crippen LogP) is 1.76. The number of anilines is 1. The summed E-state index contributed by atoms with van der Waals surface area (Å²) in [6, 6.07) is 7.29. The van der Waals surface area contributed by atoms with E-state index in [0.717, 1.165) is 19.6 Å². The fraction of sp³-hybridized carbons (Fsp3) is 0.385. The summed E-state index contributed by atoms with van der Waals surface area (Å²) in [7, 11) is 0. The highest BCUT2D eigenvalue weighted by atomic mass is 16.5. The largest absolute Gasteiger partial charge is 0.382 e. The highest BCUT2D eigenvalue weighted by Crippen LogP contribution is 2.07. The lowest BCUT2D eigenvalue weighted by Gasteiger charge is -2.06. The highest BCUT2D eigenvalue weighted by molar-refractivity contribution is 5.78. The van der Waals surface area contributed by atoms with Gasteiger partial charge in [0.25, 0.3) is 5.56 Å². The number of nitrogens with zero attached hydrogens (tertiary/aromatic N) is 1. The molecule has 0 aliphatic rings. The number of benzene rings is 1. The third-order valence-corrected chi connectivity index (χ3v) is 2.57. The minimum atomic E-state index is -0.118. The summed E-state index contributed by atoms with van der Waals surface area (Å²) in [6.45, 7) is 4.13. The number of fused-ring (bicyclic) bond motifs is 1. The Morgan fingerprint density at radius 3 is 3.06 bits per heavy atom. The summed E-state index contributed by atoms with van der Waals surface area (Å²) in [6.07, 6.45) is 0.879. The van der Waals surface area contributed by atoms with E-state index in [1.165, 1.54) is 0 Å². The maximum absolute atomic E-state index is 11.8. The van der Waals surface area contributed by atoms with E-state index in [2.05, 4.69) is 15.3 Å². The molecule has 5 nitrogen and oxygen atoms in total. The second-order valence-corrected chi connectivity index (χ2v) is 3.91. The van der Waals surface area contributed by atoms with Crippen LogP contribution in [0.25, 0.3) is 10.9 Å². The van der Waals surface area contributed by atoms with Crippen molar-refractivity contribution in [1.82, 2.24) is 9.97 Å². The zero-order chi connectivity index (χ0) is 12.8. The monoisotopic (exact) mass is 247 g/mol. The average Bonchev–Trinajstić information content (AvgIpc) is 2.39. The van der Waals surface area contributed by atoms with Crippen LogP contribution in [-0.2, 0) is 4.74 Å². The molecule has 0 aliphatic carbocycles. The van der Waals surface area contributed by atoms with Gasteiger partial charge in [-0.05, 0) is 25.5 Å². The van der Waals surface area contributed by atoms with E-state index in [1.807, 2.05) is 25.1 Å². The van der Waals surface area contributed by atoms with Crippen LogP contribution in [0.3, 0.4) is 0 Å². The Bertz CT molecular complexity index is 565. The van der Waals surface area contributed by atoms with Gasteiger partial charge in [-0.15, -0.1) is 0 Å². The summed E-state index contributed by atoms with van der Waals surface area (Å²) >= 11 is 0. The van der Waals surface area contributed by atoms with Gasteiger partial charge in [-0.25, -0.2) is 4.98 Å². The van der Waals surface area contributed by atoms with Crippen LogP contribution in [0.15, 0.2) is 29.1 Å². The van der Waals surface area contributed by atoms with Gasteiger partial charge >= 0.3 is 0 Å². The van der Waals surface area contributed by atoms with Crippen molar-refractivity contribution >= 4 is 16.9 Å². The lowest BCUT2D eigenvalue weighted by Crippen LogP contribution is -2.14. The zero-order valence-electron chi connectivity index (χ0n) is 10.4. The molecule has 0 spiro atoms. The molecule has 2 N–H and O–H groups in total. The van der Waals surface area contributed by atoms with Gasteiger partial charge < -0.3 is 10.1 Å². The first-order valence-corrected chi connectivity index (χ1v) is 6.12. The molecule has 0 amide bonds. The SMILES string of the molecule is CCOCCCNc1nc2ccccc2c(=O)[nH]1. The van der Waals surface area contributed by atoms with Crippen LogP contribution in [0.2, 0.25) is 0 Å². The Kier molecular flexibility index (Phi) is 4.30. The number of aromatic amines is 1. The lowest BCUT2D eigenvalue weighted by atomic mass is 10.2. The first-order valence-electron chi connectivity index (χ1n) is 6.12. The fourth-order valence-electron chi connectivity index (χ4n) is 1.70. The molecule has 1 heterocycles. The first kappa shape index (κ1) is 12.6. The van der Waals surface area contributed by atoms with Crippen molar-refractivity contribution < 1.29 is 4.74 Å². The highest BCUT2D eigenvalue weighted by Gasteiger charge is 2.01. The van der Waals surface area contributed by atoms with E-state index >= 15 is 0 Å². The molecular weight excluding hydrogens is 230 g/mol. The lowest BCUT2D eigenvalue weighted by molar-refractivity contribution is 0.147. The second kappa shape index (κ2) is 6.16. The molecule has 2 rings (SSSR count). The summed E-state index contributed by atoms with van der Waals surface area (Å²) in [5.74, 6) is 0.509. The van der Waals surface area contributed by atoms with E-state index in [4.69, 9.17) is 4.74 Å². The normalized spacial score (nSPS) is 10.7. The van der Waals surface area contributed by atoms with Gasteiger partial charge in [-0.1, -0.05) is 12.1 Å². The van der Waals surface area contributed by atoms with Gasteiger partial charge in [0, 0.05) is 19.8 Å². The van der Waals surface area contributed by atoms with Gasteiger partial charge in [-0.3, -0.25) is 9.78 Å². The zero-order valence-corrected chi connectivity index (χ0v) is 10.4.